The van der Waals surface area contributed by atoms with Crippen LogP contribution in [0.2, 0.25) is 0 Å². The molecule has 3 N–H and O–H groups in total. The third-order valence-corrected chi connectivity index (χ3v) is 4.16. The van der Waals surface area contributed by atoms with Gasteiger partial charge >= 0.3 is 0 Å². The highest BCUT2D eigenvalue weighted by atomic mass is 16.3. The van der Waals surface area contributed by atoms with Crippen LogP contribution in [0, 0.1) is 0 Å². The van der Waals surface area contributed by atoms with Gasteiger partial charge in [-0.3, -0.25) is 4.90 Å². The zero-order chi connectivity index (χ0) is 13.1. The average Bonchev–Trinajstić information content (AvgIpc) is 2.37. The smallest absolute Gasteiger partial charge is 0.115 e. The first kappa shape index (κ1) is 13.4. The van der Waals surface area contributed by atoms with Crippen LogP contribution in [0.25, 0.3) is 0 Å². The molecule has 2 rings (SSSR count). The summed E-state index contributed by atoms with van der Waals surface area (Å²) in [7, 11) is 0. The fraction of sp³-hybridized carbons (Fsp3) is 0.600. The lowest BCUT2D eigenvalue weighted by atomic mass is 9.92. The van der Waals surface area contributed by atoms with Gasteiger partial charge in [-0.2, -0.15) is 0 Å². The number of nitrogens with zero attached hydrogens (tertiary/aromatic N) is 1. The van der Waals surface area contributed by atoms with Crippen molar-refractivity contribution in [3.8, 4) is 5.75 Å². The summed E-state index contributed by atoms with van der Waals surface area (Å²) in [6.07, 6.45) is 3.69. The third kappa shape index (κ3) is 2.68. The lowest BCUT2D eigenvalue weighted by Crippen LogP contribution is -2.49. The van der Waals surface area contributed by atoms with Crippen molar-refractivity contribution in [1.82, 2.24) is 4.90 Å². The second-order valence-corrected chi connectivity index (χ2v) is 5.39. The van der Waals surface area contributed by atoms with Crippen molar-refractivity contribution in [1.29, 1.82) is 0 Å². The maximum atomic E-state index is 9.61. The predicted molar refractivity (Wildman–Crippen MR) is 74.5 cm³/mol. The molecule has 0 radical (unpaired) electrons. The maximum absolute atomic E-state index is 9.61. The van der Waals surface area contributed by atoms with Gasteiger partial charge in [0.1, 0.15) is 5.75 Å². The van der Waals surface area contributed by atoms with Crippen molar-refractivity contribution in [2.75, 3.05) is 6.54 Å². The van der Waals surface area contributed by atoms with E-state index < -0.39 is 0 Å². The normalized spacial score (nSPS) is 27.1. The van der Waals surface area contributed by atoms with E-state index >= 15 is 0 Å². The summed E-state index contributed by atoms with van der Waals surface area (Å²) in [5.41, 5.74) is 7.08. The molecule has 1 aliphatic rings. The standard InChI is InChI=1S/C15H24N2O/c1-11-5-3-7-14(10-16)17(11)12(2)13-6-4-8-15(18)9-13/h4,6,8-9,11-12,14,18H,3,5,7,10,16H2,1-2H3. The largest absolute Gasteiger partial charge is 0.508 e. The zero-order valence-electron chi connectivity index (χ0n) is 11.3. The molecule has 0 spiro atoms. The van der Waals surface area contributed by atoms with Crippen molar-refractivity contribution >= 4 is 0 Å². The molecule has 0 saturated carbocycles. The summed E-state index contributed by atoms with van der Waals surface area (Å²) < 4.78 is 0. The van der Waals surface area contributed by atoms with Gasteiger partial charge in [-0.25, -0.2) is 0 Å². The Morgan fingerprint density at radius 2 is 2.22 bits per heavy atom. The van der Waals surface area contributed by atoms with Crippen LogP contribution in [0.5, 0.6) is 5.75 Å². The predicted octanol–water partition coefficient (Wildman–Crippen LogP) is 2.65. The molecule has 0 bridgehead atoms. The van der Waals surface area contributed by atoms with Crippen LogP contribution in [0.3, 0.4) is 0 Å². The van der Waals surface area contributed by atoms with Gasteiger partial charge in [-0.05, 0) is 44.4 Å². The van der Waals surface area contributed by atoms with Crippen molar-refractivity contribution in [3.05, 3.63) is 29.8 Å². The van der Waals surface area contributed by atoms with E-state index in [1.807, 2.05) is 12.1 Å². The van der Waals surface area contributed by atoms with Gasteiger partial charge in [0.05, 0.1) is 0 Å². The molecule has 18 heavy (non-hydrogen) atoms. The first-order chi connectivity index (χ1) is 8.63. The van der Waals surface area contributed by atoms with Crippen LogP contribution in [0.15, 0.2) is 24.3 Å². The first-order valence-electron chi connectivity index (χ1n) is 6.90. The van der Waals surface area contributed by atoms with E-state index in [4.69, 9.17) is 5.73 Å². The van der Waals surface area contributed by atoms with Crippen molar-refractivity contribution in [3.63, 3.8) is 0 Å². The highest BCUT2D eigenvalue weighted by Crippen LogP contribution is 2.32. The van der Waals surface area contributed by atoms with E-state index in [0.29, 0.717) is 30.4 Å². The number of hydrogen-bond acceptors (Lipinski definition) is 3. The van der Waals surface area contributed by atoms with Crippen molar-refractivity contribution < 1.29 is 5.11 Å². The van der Waals surface area contributed by atoms with Crippen LogP contribution in [-0.4, -0.2) is 28.6 Å². The average molecular weight is 248 g/mol. The summed E-state index contributed by atoms with van der Waals surface area (Å²) in [6.45, 7) is 5.20. The van der Waals surface area contributed by atoms with Crippen LogP contribution in [0.1, 0.15) is 44.7 Å². The van der Waals surface area contributed by atoms with Gasteiger partial charge in [0.2, 0.25) is 0 Å². The maximum Gasteiger partial charge on any atom is 0.115 e. The summed E-state index contributed by atoms with van der Waals surface area (Å²) in [5, 5.41) is 9.61. The molecule has 1 saturated heterocycles. The van der Waals surface area contributed by atoms with E-state index in [0.717, 1.165) is 0 Å². The highest BCUT2D eigenvalue weighted by molar-refractivity contribution is 5.29. The Morgan fingerprint density at radius 1 is 1.44 bits per heavy atom. The minimum absolute atomic E-state index is 0.306. The third-order valence-electron chi connectivity index (χ3n) is 4.16. The lowest BCUT2D eigenvalue weighted by molar-refractivity contribution is 0.0569. The Labute approximate surface area is 110 Å². The van der Waals surface area contributed by atoms with Gasteiger partial charge < -0.3 is 10.8 Å². The molecule has 1 heterocycles. The molecule has 3 unspecified atom stereocenters. The van der Waals surface area contributed by atoms with E-state index in [-0.39, 0.29) is 0 Å². The molecule has 1 fully saturated rings. The Kier molecular flexibility index (Phi) is 4.25. The molecule has 3 nitrogen and oxygen atoms in total. The second kappa shape index (κ2) is 5.72. The summed E-state index contributed by atoms with van der Waals surface area (Å²) in [4.78, 5) is 2.51. The van der Waals surface area contributed by atoms with E-state index in [1.165, 1.54) is 24.8 Å². The summed E-state index contributed by atoms with van der Waals surface area (Å²) in [5.74, 6) is 0.341. The fourth-order valence-electron chi connectivity index (χ4n) is 3.20. The van der Waals surface area contributed by atoms with Crippen molar-refractivity contribution in [2.24, 2.45) is 5.73 Å². The van der Waals surface area contributed by atoms with Crippen LogP contribution >= 0.6 is 0 Å². The fourth-order valence-corrected chi connectivity index (χ4v) is 3.20. The van der Waals surface area contributed by atoms with Gasteiger partial charge in [-0.1, -0.05) is 18.6 Å². The van der Waals surface area contributed by atoms with Crippen LogP contribution in [0.4, 0.5) is 0 Å². The minimum Gasteiger partial charge on any atom is -0.508 e. The number of aromatic hydroxyl groups is 1. The molecule has 0 aliphatic carbocycles. The molecule has 3 atom stereocenters. The van der Waals surface area contributed by atoms with Gasteiger partial charge in [0, 0.05) is 24.7 Å². The molecular weight excluding hydrogens is 224 g/mol. The first-order valence-corrected chi connectivity index (χ1v) is 6.90. The number of phenolic OH excluding ortho intramolecular Hbond substituents is 1. The molecule has 3 heteroatoms. The summed E-state index contributed by atoms with van der Waals surface area (Å²) in [6, 6.07) is 8.90. The molecule has 100 valence electrons. The van der Waals surface area contributed by atoms with Gasteiger partial charge in [0.15, 0.2) is 0 Å². The number of likely N-dealkylation sites (tertiary alicyclic amines) is 1. The Balaban J connectivity index is 2.22. The number of rotatable bonds is 3. The van der Waals surface area contributed by atoms with Crippen molar-refractivity contribution in [2.45, 2.75) is 51.2 Å². The molecule has 1 aromatic rings. The lowest BCUT2D eigenvalue weighted by Gasteiger charge is -2.44. The van der Waals surface area contributed by atoms with E-state index in [9.17, 15) is 5.11 Å². The van der Waals surface area contributed by atoms with E-state index in [1.54, 1.807) is 6.07 Å². The SMILES string of the molecule is CC1CCCC(CN)N1C(C)c1cccc(O)c1. The number of phenols is 1. The Morgan fingerprint density at radius 3 is 2.89 bits per heavy atom. The van der Waals surface area contributed by atoms with E-state index in [2.05, 4.69) is 24.8 Å². The van der Waals surface area contributed by atoms with Gasteiger partial charge in [0.25, 0.3) is 0 Å². The minimum atomic E-state index is 0.306. The van der Waals surface area contributed by atoms with Gasteiger partial charge in [-0.15, -0.1) is 0 Å². The topological polar surface area (TPSA) is 49.5 Å². The monoisotopic (exact) mass is 248 g/mol. The molecule has 1 aromatic carbocycles. The quantitative estimate of drug-likeness (QED) is 0.864. The van der Waals surface area contributed by atoms with Crippen LogP contribution in [-0.2, 0) is 0 Å². The number of piperidine rings is 1. The second-order valence-electron chi connectivity index (χ2n) is 5.39. The van der Waals surface area contributed by atoms with Crippen LogP contribution < -0.4 is 5.73 Å². The molecule has 1 aliphatic heterocycles. The highest BCUT2D eigenvalue weighted by Gasteiger charge is 2.31. The number of hydrogen-bond donors (Lipinski definition) is 2. The number of nitrogens with two attached hydrogens (primary N) is 1. The number of benzene rings is 1. The molecule has 0 amide bonds. The zero-order valence-corrected chi connectivity index (χ0v) is 11.3. The molecular formula is C15H24N2O. The summed E-state index contributed by atoms with van der Waals surface area (Å²) >= 11 is 0. The Bertz CT molecular complexity index is 394. The molecule has 0 aromatic heterocycles. The Hall–Kier alpha value is -1.06.